The Morgan fingerprint density at radius 2 is 0.613 bits per heavy atom. The molecule has 0 heterocycles. The van der Waals surface area contributed by atoms with E-state index in [0.29, 0.717) is 6.61 Å². The minimum absolute atomic E-state index is 0.152. The molecule has 0 atom stereocenters. The molecule has 188 valence electrons. The standard InChI is InChI=1S/C29H60O2/c1-2-3-4-5-6-7-8-9-10-11-12-13-14-15-16-17-18-19-20-21-22-23-24-25-26-28-31-29-27-30/h30H,2-29H2,1H3. The molecule has 0 aromatic carbocycles. The number of aliphatic hydroxyl groups is 1. The molecule has 1 N–H and O–H groups in total. The summed E-state index contributed by atoms with van der Waals surface area (Å²) in [5.41, 5.74) is 0. The molecule has 2 nitrogen and oxygen atoms in total. The minimum Gasteiger partial charge on any atom is -0.394 e. The highest BCUT2D eigenvalue weighted by Crippen LogP contribution is 2.15. The maximum atomic E-state index is 8.63. The Balaban J connectivity index is 2.98. The van der Waals surface area contributed by atoms with Crippen molar-refractivity contribution in [3.05, 3.63) is 0 Å². The molecule has 0 unspecified atom stereocenters. The van der Waals surface area contributed by atoms with Crippen molar-refractivity contribution in [2.24, 2.45) is 0 Å². The lowest BCUT2D eigenvalue weighted by atomic mass is 10.0. The first kappa shape index (κ1) is 30.9. The number of unbranched alkanes of at least 4 members (excludes halogenated alkanes) is 24. The summed E-state index contributed by atoms with van der Waals surface area (Å²) in [5.74, 6) is 0. The van der Waals surface area contributed by atoms with Gasteiger partial charge in [0.1, 0.15) is 0 Å². The van der Waals surface area contributed by atoms with Crippen molar-refractivity contribution in [2.75, 3.05) is 19.8 Å². The van der Waals surface area contributed by atoms with Crippen LogP contribution in [0.5, 0.6) is 0 Å². The van der Waals surface area contributed by atoms with Gasteiger partial charge < -0.3 is 9.84 Å². The van der Waals surface area contributed by atoms with Gasteiger partial charge in [0.15, 0.2) is 0 Å². The predicted molar refractivity (Wildman–Crippen MR) is 139 cm³/mol. The van der Waals surface area contributed by atoms with Crippen molar-refractivity contribution in [2.45, 2.75) is 167 Å². The largest absolute Gasteiger partial charge is 0.394 e. The molecule has 31 heavy (non-hydrogen) atoms. The number of hydrogen-bond acceptors (Lipinski definition) is 2. The SMILES string of the molecule is CCCCCCCCCCCCCCCCCCCCCCCCCCCOCCO. The average Bonchev–Trinajstić information content (AvgIpc) is 2.78. The zero-order valence-corrected chi connectivity index (χ0v) is 21.7. The molecule has 0 spiro atoms. The zero-order chi connectivity index (χ0) is 22.5. The Labute approximate surface area is 197 Å². The van der Waals surface area contributed by atoms with Gasteiger partial charge in [0, 0.05) is 6.61 Å². The second-order valence-corrected chi connectivity index (χ2v) is 9.82. The molecule has 0 aliphatic rings. The highest BCUT2D eigenvalue weighted by molar-refractivity contribution is 4.51. The molecule has 0 fully saturated rings. The Bertz CT molecular complexity index is 264. The molecule has 0 aliphatic heterocycles. The maximum Gasteiger partial charge on any atom is 0.0697 e. The van der Waals surface area contributed by atoms with Gasteiger partial charge in [-0.25, -0.2) is 0 Å². The van der Waals surface area contributed by atoms with Crippen LogP contribution in [0.2, 0.25) is 0 Å². The van der Waals surface area contributed by atoms with Crippen molar-refractivity contribution < 1.29 is 9.84 Å². The van der Waals surface area contributed by atoms with Crippen LogP contribution in [0.1, 0.15) is 167 Å². The van der Waals surface area contributed by atoms with E-state index in [1.807, 2.05) is 0 Å². The minimum atomic E-state index is 0.152. The number of rotatable bonds is 28. The molecule has 0 aromatic rings. The normalized spacial score (nSPS) is 11.4. The van der Waals surface area contributed by atoms with Crippen molar-refractivity contribution in [1.29, 1.82) is 0 Å². The maximum absolute atomic E-state index is 8.63. The quantitative estimate of drug-likeness (QED) is 0.123. The van der Waals surface area contributed by atoms with Gasteiger partial charge in [0.25, 0.3) is 0 Å². The first-order chi connectivity index (χ1) is 15.4. The van der Waals surface area contributed by atoms with E-state index >= 15 is 0 Å². The lowest BCUT2D eigenvalue weighted by Crippen LogP contribution is -2.00. The van der Waals surface area contributed by atoms with E-state index in [-0.39, 0.29) is 6.61 Å². The summed E-state index contributed by atoms with van der Waals surface area (Å²) in [5, 5.41) is 8.63. The lowest BCUT2D eigenvalue weighted by molar-refractivity contribution is 0.0895. The van der Waals surface area contributed by atoms with Gasteiger partial charge in [-0.2, -0.15) is 0 Å². The van der Waals surface area contributed by atoms with Gasteiger partial charge in [-0.05, 0) is 6.42 Å². The van der Waals surface area contributed by atoms with Gasteiger partial charge >= 0.3 is 0 Å². The van der Waals surface area contributed by atoms with Crippen LogP contribution in [0.4, 0.5) is 0 Å². The molecular weight excluding hydrogens is 380 g/mol. The highest BCUT2D eigenvalue weighted by atomic mass is 16.5. The first-order valence-corrected chi connectivity index (χ1v) is 14.6. The fraction of sp³-hybridized carbons (Fsp3) is 1.00. The Hall–Kier alpha value is -0.0800. The summed E-state index contributed by atoms with van der Waals surface area (Å²) in [6, 6.07) is 0. The summed E-state index contributed by atoms with van der Waals surface area (Å²) < 4.78 is 5.29. The molecule has 0 saturated heterocycles. The average molecular weight is 441 g/mol. The second kappa shape index (κ2) is 29.9. The summed E-state index contributed by atoms with van der Waals surface area (Å²) in [7, 11) is 0. The van der Waals surface area contributed by atoms with Crippen LogP contribution in [0, 0.1) is 0 Å². The van der Waals surface area contributed by atoms with E-state index in [1.54, 1.807) is 0 Å². The zero-order valence-electron chi connectivity index (χ0n) is 21.7. The van der Waals surface area contributed by atoms with Crippen LogP contribution in [0.25, 0.3) is 0 Å². The third-order valence-corrected chi connectivity index (χ3v) is 6.63. The van der Waals surface area contributed by atoms with Gasteiger partial charge in [-0.15, -0.1) is 0 Å². The smallest absolute Gasteiger partial charge is 0.0697 e. The third kappa shape index (κ3) is 29.9. The van der Waals surface area contributed by atoms with E-state index < -0.39 is 0 Å². The first-order valence-electron chi connectivity index (χ1n) is 14.6. The van der Waals surface area contributed by atoms with E-state index in [0.717, 1.165) is 13.0 Å². The van der Waals surface area contributed by atoms with Crippen LogP contribution in [-0.2, 0) is 4.74 Å². The monoisotopic (exact) mass is 440 g/mol. The molecule has 2 heteroatoms. The van der Waals surface area contributed by atoms with E-state index in [9.17, 15) is 0 Å². The highest BCUT2D eigenvalue weighted by Gasteiger charge is 1.96. The van der Waals surface area contributed by atoms with E-state index in [1.165, 1.54) is 154 Å². The van der Waals surface area contributed by atoms with Crippen LogP contribution in [-0.4, -0.2) is 24.9 Å². The van der Waals surface area contributed by atoms with Gasteiger partial charge in [-0.1, -0.05) is 161 Å². The Kier molecular flexibility index (Phi) is 29.8. The van der Waals surface area contributed by atoms with Crippen molar-refractivity contribution in [3.63, 3.8) is 0 Å². The molecule has 0 aromatic heterocycles. The van der Waals surface area contributed by atoms with Crippen molar-refractivity contribution >= 4 is 0 Å². The molecule has 0 radical (unpaired) electrons. The second-order valence-electron chi connectivity index (χ2n) is 9.82. The molecular formula is C29H60O2. The van der Waals surface area contributed by atoms with Crippen LogP contribution < -0.4 is 0 Å². The molecule has 0 amide bonds. The fourth-order valence-electron chi connectivity index (χ4n) is 4.51. The van der Waals surface area contributed by atoms with E-state index in [2.05, 4.69) is 6.92 Å². The van der Waals surface area contributed by atoms with Crippen LogP contribution in [0.3, 0.4) is 0 Å². The molecule has 0 rings (SSSR count). The number of hydrogen-bond donors (Lipinski definition) is 1. The van der Waals surface area contributed by atoms with Crippen LogP contribution >= 0.6 is 0 Å². The lowest BCUT2D eigenvalue weighted by Gasteiger charge is -2.04. The van der Waals surface area contributed by atoms with Gasteiger partial charge in [-0.3, -0.25) is 0 Å². The van der Waals surface area contributed by atoms with Gasteiger partial charge in [0.2, 0.25) is 0 Å². The molecule has 0 bridgehead atoms. The third-order valence-electron chi connectivity index (χ3n) is 6.63. The number of aliphatic hydroxyl groups excluding tert-OH is 1. The van der Waals surface area contributed by atoms with Crippen LogP contribution in [0.15, 0.2) is 0 Å². The van der Waals surface area contributed by atoms with E-state index in [4.69, 9.17) is 9.84 Å². The summed E-state index contributed by atoms with van der Waals surface area (Å²) in [6.07, 6.45) is 35.8. The Morgan fingerprint density at radius 1 is 0.355 bits per heavy atom. The fourth-order valence-corrected chi connectivity index (χ4v) is 4.51. The predicted octanol–water partition coefficient (Wildman–Crippen LogP) is 9.77. The summed E-state index contributed by atoms with van der Waals surface area (Å²) >= 11 is 0. The summed E-state index contributed by atoms with van der Waals surface area (Å²) in [6.45, 7) is 3.77. The van der Waals surface area contributed by atoms with Crippen molar-refractivity contribution in [1.82, 2.24) is 0 Å². The Morgan fingerprint density at radius 3 is 0.871 bits per heavy atom. The topological polar surface area (TPSA) is 29.5 Å². The van der Waals surface area contributed by atoms with Gasteiger partial charge in [0.05, 0.1) is 13.2 Å². The number of ether oxygens (including phenoxy) is 1. The summed E-state index contributed by atoms with van der Waals surface area (Å²) in [4.78, 5) is 0. The molecule has 0 aliphatic carbocycles. The van der Waals surface area contributed by atoms with Crippen molar-refractivity contribution in [3.8, 4) is 0 Å². The molecule has 0 saturated carbocycles.